The molecule has 0 saturated carbocycles. The molecule has 0 aliphatic heterocycles. The van der Waals surface area contributed by atoms with E-state index in [4.69, 9.17) is 0 Å². The number of carbonyl (C=O) groups is 1. The van der Waals surface area contributed by atoms with Gasteiger partial charge in [0.2, 0.25) is 5.91 Å². The average Bonchev–Trinajstić information content (AvgIpc) is 2.99. The number of aryl methyl sites for hydroxylation is 1. The van der Waals surface area contributed by atoms with Crippen LogP contribution < -0.4 is 10.5 Å². The van der Waals surface area contributed by atoms with Crippen LogP contribution in [-0.2, 0) is 11.8 Å². The minimum absolute atomic E-state index is 0.0155. The molecule has 0 fully saturated rings. The van der Waals surface area contributed by atoms with Crippen LogP contribution in [0.3, 0.4) is 0 Å². The zero-order valence-electron chi connectivity index (χ0n) is 14.4. The number of thioether (sulfide) groups is 1. The lowest BCUT2D eigenvalue weighted by Crippen LogP contribution is -2.32. The summed E-state index contributed by atoms with van der Waals surface area (Å²) in [5.74, 6) is 0.205. The molecule has 25 heavy (non-hydrogen) atoms. The van der Waals surface area contributed by atoms with Crippen LogP contribution in [0.15, 0.2) is 46.3 Å². The summed E-state index contributed by atoms with van der Waals surface area (Å²) in [6.07, 6.45) is 0. The zero-order chi connectivity index (χ0) is 18.0. The smallest absolute Gasteiger partial charge is 0.278 e. The van der Waals surface area contributed by atoms with Gasteiger partial charge in [-0.15, -0.1) is 0 Å². The predicted octanol–water partition coefficient (Wildman–Crippen LogP) is 2.72. The number of carbonyl (C=O) groups excluding carboxylic acids is 1. The molecule has 1 N–H and O–H groups in total. The number of para-hydroxylation sites is 1. The Labute approximate surface area is 149 Å². The van der Waals surface area contributed by atoms with Crippen molar-refractivity contribution < 1.29 is 4.79 Å². The molecule has 3 aromatic rings. The molecule has 0 radical (unpaired) electrons. The summed E-state index contributed by atoms with van der Waals surface area (Å²) in [5.41, 5.74) is 2.75. The first kappa shape index (κ1) is 17.3. The maximum Gasteiger partial charge on any atom is 0.278 e. The number of nitrogens with one attached hydrogen (secondary N) is 1. The molecule has 0 aliphatic carbocycles. The van der Waals surface area contributed by atoms with E-state index in [0.29, 0.717) is 22.7 Å². The maximum atomic E-state index is 12.6. The van der Waals surface area contributed by atoms with Crippen LogP contribution in [0.1, 0.15) is 12.6 Å². The van der Waals surface area contributed by atoms with Gasteiger partial charge in [-0.3, -0.25) is 14.2 Å². The van der Waals surface area contributed by atoms with Crippen molar-refractivity contribution in [1.29, 1.82) is 0 Å². The molecule has 0 bridgehead atoms. The third-order valence-electron chi connectivity index (χ3n) is 3.96. The number of hydrogen-bond acceptors (Lipinski definition) is 4. The second kappa shape index (κ2) is 7.14. The van der Waals surface area contributed by atoms with Gasteiger partial charge in [0.15, 0.2) is 5.16 Å². The summed E-state index contributed by atoms with van der Waals surface area (Å²) >= 11 is 1.28. The van der Waals surface area contributed by atoms with Crippen LogP contribution in [0.4, 0.5) is 5.69 Å². The summed E-state index contributed by atoms with van der Waals surface area (Å²) < 4.78 is 1.48. The molecular weight excluding hydrogens is 336 g/mol. The molecule has 0 spiro atoms. The van der Waals surface area contributed by atoms with E-state index < -0.39 is 0 Å². The first-order chi connectivity index (χ1) is 12.0. The molecule has 1 amide bonds. The number of rotatable bonds is 5. The van der Waals surface area contributed by atoms with Crippen molar-refractivity contribution in [3.05, 3.63) is 52.4 Å². The Morgan fingerprint density at radius 1 is 1.32 bits per heavy atom. The van der Waals surface area contributed by atoms with Crippen LogP contribution >= 0.6 is 11.8 Å². The van der Waals surface area contributed by atoms with Crippen LogP contribution in [-0.4, -0.2) is 32.7 Å². The lowest BCUT2D eigenvalue weighted by atomic mass is 10.3. The number of benzene rings is 1. The minimum atomic E-state index is -0.136. The molecule has 1 aromatic carbocycles. The normalized spacial score (nSPS) is 11.0. The number of nitrogens with zero attached hydrogens (tertiary/aromatic N) is 3. The highest BCUT2D eigenvalue weighted by Gasteiger charge is 2.16. The van der Waals surface area contributed by atoms with Gasteiger partial charge in [0.05, 0.1) is 11.3 Å². The SMILES string of the molecule is CCN(C(=O)CSc1nc2cc(C)[nH]c2c(=O)n1C)c1ccccc1. The molecule has 0 atom stereocenters. The van der Waals surface area contributed by atoms with Gasteiger partial charge < -0.3 is 9.88 Å². The highest BCUT2D eigenvalue weighted by molar-refractivity contribution is 7.99. The molecular formula is C18H20N4O2S. The summed E-state index contributed by atoms with van der Waals surface area (Å²) in [6.45, 7) is 4.42. The van der Waals surface area contributed by atoms with Crippen LogP contribution in [0.5, 0.6) is 0 Å². The van der Waals surface area contributed by atoms with Gasteiger partial charge in [-0.05, 0) is 32.0 Å². The minimum Gasteiger partial charge on any atom is -0.353 e. The van der Waals surface area contributed by atoms with E-state index in [1.807, 2.05) is 50.2 Å². The summed E-state index contributed by atoms with van der Waals surface area (Å²) in [4.78, 5) is 34.3. The van der Waals surface area contributed by atoms with E-state index in [9.17, 15) is 9.59 Å². The molecule has 3 rings (SSSR count). The van der Waals surface area contributed by atoms with Gasteiger partial charge in [-0.1, -0.05) is 30.0 Å². The highest BCUT2D eigenvalue weighted by Crippen LogP contribution is 2.20. The number of aromatic amines is 1. The van der Waals surface area contributed by atoms with E-state index in [-0.39, 0.29) is 17.2 Å². The van der Waals surface area contributed by atoms with Crippen molar-refractivity contribution in [2.75, 3.05) is 17.2 Å². The molecule has 2 heterocycles. The summed E-state index contributed by atoms with van der Waals surface area (Å²) in [7, 11) is 1.67. The molecule has 7 heteroatoms. The van der Waals surface area contributed by atoms with E-state index in [0.717, 1.165) is 11.4 Å². The molecule has 130 valence electrons. The first-order valence-electron chi connectivity index (χ1n) is 8.05. The number of hydrogen-bond donors (Lipinski definition) is 1. The third-order valence-corrected chi connectivity index (χ3v) is 4.98. The van der Waals surface area contributed by atoms with Crippen LogP contribution in [0.25, 0.3) is 11.0 Å². The summed E-state index contributed by atoms with van der Waals surface area (Å²) in [6, 6.07) is 11.4. The van der Waals surface area contributed by atoms with Crippen molar-refractivity contribution in [3.63, 3.8) is 0 Å². The zero-order valence-corrected chi connectivity index (χ0v) is 15.3. The quantitative estimate of drug-likeness (QED) is 0.564. The van der Waals surface area contributed by atoms with E-state index in [1.165, 1.54) is 16.3 Å². The Hall–Kier alpha value is -2.54. The van der Waals surface area contributed by atoms with Gasteiger partial charge in [-0.2, -0.15) is 0 Å². The van der Waals surface area contributed by atoms with Crippen molar-refractivity contribution in [2.45, 2.75) is 19.0 Å². The fourth-order valence-electron chi connectivity index (χ4n) is 2.70. The molecule has 2 aromatic heterocycles. The lowest BCUT2D eigenvalue weighted by Gasteiger charge is -2.20. The Bertz CT molecular complexity index is 962. The second-order valence-electron chi connectivity index (χ2n) is 5.73. The average molecular weight is 356 g/mol. The van der Waals surface area contributed by atoms with Gasteiger partial charge in [0.1, 0.15) is 5.52 Å². The maximum absolute atomic E-state index is 12.6. The predicted molar refractivity (Wildman–Crippen MR) is 101 cm³/mol. The van der Waals surface area contributed by atoms with Crippen molar-refractivity contribution in [2.24, 2.45) is 7.05 Å². The van der Waals surface area contributed by atoms with E-state index >= 15 is 0 Å². The number of fused-ring (bicyclic) bond motifs is 1. The summed E-state index contributed by atoms with van der Waals surface area (Å²) in [5, 5.41) is 0.536. The molecule has 0 aliphatic rings. The number of amides is 1. The Kier molecular flexibility index (Phi) is 4.94. The van der Waals surface area contributed by atoms with Crippen LogP contribution in [0.2, 0.25) is 0 Å². The van der Waals surface area contributed by atoms with E-state index in [2.05, 4.69) is 9.97 Å². The largest absolute Gasteiger partial charge is 0.353 e. The second-order valence-corrected chi connectivity index (χ2v) is 6.68. The lowest BCUT2D eigenvalue weighted by molar-refractivity contribution is -0.116. The first-order valence-corrected chi connectivity index (χ1v) is 9.04. The fraction of sp³-hybridized carbons (Fsp3) is 0.278. The third kappa shape index (κ3) is 3.46. The standard InChI is InChI=1S/C18H20N4O2S/c1-4-22(13-8-6-5-7-9-13)15(23)11-25-18-20-14-10-12(2)19-16(14)17(24)21(18)3/h5-10,19H,4,11H2,1-3H3. The van der Waals surface area contributed by atoms with E-state index in [1.54, 1.807) is 11.9 Å². The topological polar surface area (TPSA) is 71.0 Å². The van der Waals surface area contributed by atoms with Gasteiger partial charge in [0.25, 0.3) is 5.56 Å². The van der Waals surface area contributed by atoms with Crippen molar-refractivity contribution >= 4 is 34.4 Å². The van der Waals surface area contributed by atoms with Gasteiger partial charge in [-0.25, -0.2) is 4.98 Å². The van der Waals surface area contributed by atoms with Gasteiger partial charge in [0, 0.05) is 25.0 Å². The van der Waals surface area contributed by atoms with Crippen LogP contribution in [0, 0.1) is 6.92 Å². The molecule has 0 unspecified atom stereocenters. The number of H-pyrrole nitrogens is 1. The molecule has 6 nitrogen and oxygen atoms in total. The number of aromatic nitrogens is 3. The van der Waals surface area contributed by atoms with Crippen molar-refractivity contribution in [3.8, 4) is 0 Å². The van der Waals surface area contributed by atoms with Crippen molar-refractivity contribution in [1.82, 2.24) is 14.5 Å². The Morgan fingerprint density at radius 3 is 2.72 bits per heavy atom. The molecule has 0 saturated heterocycles. The highest BCUT2D eigenvalue weighted by atomic mass is 32.2. The van der Waals surface area contributed by atoms with Gasteiger partial charge >= 0.3 is 0 Å². The Morgan fingerprint density at radius 2 is 2.04 bits per heavy atom. The Balaban J connectivity index is 1.81. The fourth-order valence-corrected chi connectivity index (χ4v) is 3.55. The monoisotopic (exact) mass is 356 g/mol. The number of anilines is 1.